The molecule has 5 nitrogen and oxygen atoms in total. The summed E-state index contributed by atoms with van der Waals surface area (Å²) in [4.78, 5) is 28.8. The van der Waals surface area contributed by atoms with Crippen LogP contribution in [-0.2, 0) is 16.1 Å². The molecule has 0 radical (unpaired) electrons. The van der Waals surface area contributed by atoms with Gasteiger partial charge in [-0.25, -0.2) is 4.79 Å². The first kappa shape index (κ1) is 16.6. The summed E-state index contributed by atoms with van der Waals surface area (Å²) in [6.07, 6.45) is 3.39. The average molecular weight is 328 g/mol. The molecule has 3 rings (SSSR count). The van der Waals surface area contributed by atoms with Gasteiger partial charge in [0.25, 0.3) is 0 Å². The van der Waals surface area contributed by atoms with Crippen LogP contribution in [0, 0.1) is 11.3 Å². The van der Waals surface area contributed by atoms with Gasteiger partial charge in [0.05, 0.1) is 5.41 Å². The first-order chi connectivity index (χ1) is 11.4. The summed E-state index contributed by atoms with van der Waals surface area (Å²) < 4.78 is 5.44. The van der Waals surface area contributed by atoms with Crippen molar-refractivity contribution in [2.45, 2.75) is 26.4 Å². The molecule has 2 fully saturated rings. The fourth-order valence-corrected chi connectivity index (χ4v) is 3.27. The van der Waals surface area contributed by atoms with Gasteiger partial charge in [0, 0.05) is 26.8 Å². The van der Waals surface area contributed by atoms with Gasteiger partial charge in [-0.3, -0.25) is 9.69 Å². The summed E-state index contributed by atoms with van der Waals surface area (Å²) in [7, 11) is 3.70. The smallest absolute Gasteiger partial charge is 0.414 e. The molecule has 5 heteroatoms. The maximum Gasteiger partial charge on any atom is 0.414 e. The minimum atomic E-state index is -0.479. The number of hydrogen-bond acceptors (Lipinski definition) is 4. The molecule has 24 heavy (non-hydrogen) atoms. The molecule has 0 spiro atoms. The van der Waals surface area contributed by atoms with Gasteiger partial charge in [0.15, 0.2) is 5.78 Å². The third-order valence-electron chi connectivity index (χ3n) is 4.81. The minimum absolute atomic E-state index is 0.0513. The third-order valence-corrected chi connectivity index (χ3v) is 4.81. The molecule has 1 atom stereocenters. The maximum atomic E-state index is 12.9. The molecule has 1 aromatic rings. The number of likely N-dealkylation sites (tertiary alicyclic amines) is 1. The Kier molecular flexibility index (Phi) is 4.35. The summed E-state index contributed by atoms with van der Waals surface area (Å²) in [5.74, 6) is 0.429. The Hall–Kier alpha value is -2.30. The third kappa shape index (κ3) is 3.16. The Morgan fingerprint density at radius 2 is 2.00 bits per heavy atom. The van der Waals surface area contributed by atoms with E-state index in [4.69, 9.17) is 4.74 Å². The average Bonchev–Trinajstić information content (AvgIpc) is 3.38. The fraction of sp³-hybridized carbons (Fsp3) is 0.474. The van der Waals surface area contributed by atoms with E-state index in [2.05, 4.69) is 0 Å². The first-order valence-electron chi connectivity index (χ1n) is 8.33. The zero-order valence-corrected chi connectivity index (χ0v) is 14.5. The van der Waals surface area contributed by atoms with Crippen LogP contribution in [0.3, 0.4) is 0 Å². The lowest BCUT2D eigenvalue weighted by Crippen LogP contribution is -2.32. The van der Waals surface area contributed by atoms with Crippen molar-refractivity contribution in [1.29, 1.82) is 0 Å². The van der Waals surface area contributed by atoms with Crippen molar-refractivity contribution in [3.63, 3.8) is 0 Å². The highest BCUT2D eigenvalue weighted by atomic mass is 16.6. The summed E-state index contributed by atoms with van der Waals surface area (Å²) in [5.41, 5.74) is 0.889. The number of carbonyl (C=O) groups excluding carboxylic acids is 2. The van der Waals surface area contributed by atoms with Crippen molar-refractivity contribution in [2.75, 3.05) is 20.6 Å². The van der Waals surface area contributed by atoms with Crippen molar-refractivity contribution in [2.24, 2.45) is 11.3 Å². The molecule has 1 saturated carbocycles. The molecular formula is C19H24N2O3. The van der Waals surface area contributed by atoms with Gasteiger partial charge in [0.1, 0.15) is 12.3 Å². The minimum Gasteiger partial charge on any atom is -0.444 e. The van der Waals surface area contributed by atoms with Gasteiger partial charge in [-0.2, -0.15) is 0 Å². The lowest BCUT2D eigenvalue weighted by molar-refractivity contribution is -0.122. The van der Waals surface area contributed by atoms with Crippen LogP contribution in [0.1, 0.15) is 25.3 Å². The number of benzene rings is 1. The Morgan fingerprint density at radius 3 is 2.58 bits per heavy atom. The van der Waals surface area contributed by atoms with Gasteiger partial charge in [-0.05, 0) is 24.3 Å². The molecule has 1 aromatic carbocycles. The van der Waals surface area contributed by atoms with E-state index in [1.165, 1.54) is 4.90 Å². The van der Waals surface area contributed by atoms with Crippen molar-refractivity contribution in [3.8, 4) is 0 Å². The van der Waals surface area contributed by atoms with Crippen LogP contribution in [0.5, 0.6) is 0 Å². The second kappa shape index (κ2) is 6.30. The molecule has 0 N–H and O–H groups in total. The summed E-state index contributed by atoms with van der Waals surface area (Å²) >= 11 is 0. The number of ketones is 1. The summed E-state index contributed by atoms with van der Waals surface area (Å²) in [5, 5.41) is 0. The molecule has 2 aliphatic rings. The van der Waals surface area contributed by atoms with Gasteiger partial charge in [-0.1, -0.05) is 37.3 Å². The van der Waals surface area contributed by atoms with E-state index in [9.17, 15) is 9.59 Å². The van der Waals surface area contributed by atoms with E-state index in [1.54, 1.807) is 11.1 Å². The quantitative estimate of drug-likeness (QED) is 0.797. The molecule has 0 bridgehead atoms. The van der Waals surface area contributed by atoms with Gasteiger partial charge in [0.2, 0.25) is 0 Å². The van der Waals surface area contributed by atoms with Crippen LogP contribution in [-0.4, -0.2) is 42.3 Å². The molecule has 1 aliphatic heterocycles. The second-order valence-electron chi connectivity index (χ2n) is 7.13. The molecule has 0 aromatic heterocycles. The number of rotatable bonds is 4. The van der Waals surface area contributed by atoms with Crippen LogP contribution in [0.15, 0.2) is 42.2 Å². The van der Waals surface area contributed by atoms with Crippen LogP contribution in [0.4, 0.5) is 4.79 Å². The second-order valence-corrected chi connectivity index (χ2v) is 7.13. The molecule has 1 amide bonds. The van der Waals surface area contributed by atoms with Crippen molar-refractivity contribution >= 4 is 11.9 Å². The SMILES string of the molecule is CN(C)/C=C1\C(=O)C(C)(C2CC2)CN1C(=O)OCc1ccccc1. The molecular weight excluding hydrogens is 304 g/mol. The van der Waals surface area contributed by atoms with Crippen LogP contribution >= 0.6 is 0 Å². The maximum absolute atomic E-state index is 12.9. The van der Waals surface area contributed by atoms with Crippen molar-refractivity contribution in [3.05, 3.63) is 47.8 Å². The highest BCUT2D eigenvalue weighted by molar-refractivity contribution is 6.05. The van der Waals surface area contributed by atoms with Crippen LogP contribution < -0.4 is 0 Å². The first-order valence-corrected chi connectivity index (χ1v) is 8.33. The summed E-state index contributed by atoms with van der Waals surface area (Å²) in [6.45, 7) is 2.59. The number of amides is 1. The highest BCUT2D eigenvalue weighted by Gasteiger charge is 2.55. The molecule has 1 unspecified atom stereocenters. The fourth-order valence-electron chi connectivity index (χ4n) is 3.27. The lowest BCUT2D eigenvalue weighted by Gasteiger charge is -2.21. The number of carbonyl (C=O) groups is 2. The van der Waals surface area contributed by atoms with Crippen molar-refractivity contribution < 1.29 is 14.3 Å². The topological polar surface area (TPSA) is 49.9 Å². The number of allylic oxidation sites excluding steroid dienone is 1. The monoisotopic (exact) mass is 328 g/mol. The molecule has 1 heterocycles. The molecule has 1 aliphatic carbocycles. The Morgan fingerprint density at radius 1 is 1.33 bits per heavy atom. The van der Waals surface area contributed by atoms with Crippen molar-refractivity contribution in [1.82, 2.24) is 9.80 Å². The Labute approximate surface area is 142 Å². The highest BCUT2D eigenvalue weighted by Crippen LogP contribution is 2.51. The van der Waals surface area contributed by atoms with Gasteiger partial charge >= 0.3 is 6.09 Å². The van der Waals surface area contributed by atoms with Crippen LogP contribution in [0.2, 0.25) is 0 Å². The van der Waals surface area contributed by atoms with Crippen LogP contribution in [0.25, 0.3) is 0 Å². The lowest BCUT2D eigenvalue weighted by atomic mass is 9.82. The van der Waals surface area contributed by atoms with E-state index < -0.39 is 11.5 Å². The standard InChI is InChI=1S/C19H24N2O3/c1-19(15-9-10-15)13-21(16(17(19)22)11-20(2)3)18(23)24-12-14-7-5-4-6-8-14/h4-8,11,15H,9-10,12-13H2,1-3H3/b16-11+. The predicted molar refractivity (Wildman–Crippen MR) is 90.9 cm³/mol. The number of ether oxygens (including phenoxy) is 1. The number of hydrogen-bond donors (Lipinski definition) is 0. The van der Waals surface area contributed by atoms with E-state index in [0.717, 1.165) is 18.4 Å². The predicted octanol–water partition coefficient (Wildman–Crippen LogP) is 3.03. The Bertz CT molecular complexity index is 664. The zero-order chi connectivity index (χ0) is 17.3. The number of nitrogens with zero attached hydrogens (tertiary/aromatic N) is 2. The van der Waals surface area contributed by atoms with E-state index in [0.29, 0.717) is 18.2 Å². The Balaban J connectivity index is 1.76. The van der Waals surface area contributed by atoms with E-state index >= 15 is 0 Å². The van der Waals surface area contributed by atoms with Gasteiger partial charge in [-0.15, -0.1) is 0 Å². The summed E-state index contributed by atoms with van der Waals surface area (Å²) in [6, 6.07) is 9.55. The molecule has 1 saturated heterocycles. The van der Waals surface area contributed by atoms with Gasteiger partial charge < -0.3 is 9.64 Å². The van der Waals surface area contributed by atoms with E-state index in [-0.39, 0.29) is 12.4 Å². The van der Waals surface area contributed by atoms with E-state index in [1.807, 2.05) is 51.4 Å². The zero-order valence-electron chi connectivity index (χ0n) is 14.5. The number of Topliss-reactive ketones (excluding diaryl/α,β-unsaturated/α-hetero) is 1. The largest absolute Gasteiger partial charge is 0.444 e. The normalized spacial score (nSPS) is 25.2. The molecule has 128 valence electrons.